The van der Waals surface area contributed by atoms with E-state index in [4.69, 9.17) is 5.11 Å². The van der Waals surface area contributed by atoms with Crippen molar-refractivity contribution in [2.45, 2.75) is 65.0 Å². The van der Waals surface area contributed by atoms with Crippen LogP contribution in [0.2, 0.25) is 0 Å². The van der Waals surface area contributed by atoms with E-state index in [0.717, 1.165) is 19.4 Å². The van der Waals surface area contributed by atoms with Crippen molar-refractivity contribution in [3.05, 3.63) is 0 Å². The van der Waals surface area contributed by atoms with Crippen molar-refractivity contribution in [3.8, 4) is 0 Å². The predicted octanol–water partition coefficient (Wildman–Crippen LogP) is 2.23. The molecule has 1 fully saturated rings. The molecule has 0 amide bonds. The van der Waals surface area contributed by atoms with Crippen LogP contribution in [-0.2, 0) is 4.79 Å². The minimum absolute atomic E-state index is 0.00819. The number of carbonyl (C=O) groups excluding carboxylic acids is 1. The molecule has 1 aliphatic rings. The van der Waals surface area contributed by atoms with Gasteiger partial charge in [0.25, 0.3) is 0 Å². The van der Waals surface area contributed by atoms with Gasteiger partial charge in [-0.15, -0.1) is 0 Å². The molecule has 100 valence electrons. The van der Waals surface area contributed by atoms with Crippen LogP contribution < -0.4 is 0 Å². The van der Waals surface area contributed by atoms with Gasteiger partial charge in [0.05, 0.1) is 0 Å². The van der Waals surface area contributed by atoms with E-state index in [1.165, 1.54) is 0 Å². The zero-order valence-electron chi connectivity index (χ0n) is 11.7. The Morgan fingerprint density at radius 3 is 2.47 bits per heavy atom. The fourth-order valence-corrected chi connectivity index (χ4v) is 2.92. The van der Waals surface area contributed by atoms with Crippen molar-refractivity contribution >= 4 is 5.78 Å². The van der Waals surface area contributed by atoms with Crippen molar-refractivity contribution in [3.63, 3.8) is 0 Å². The van der Waals surface area contributed by atoms with Crippen molar-refractivity contribution < 1.29 is 9.90 Å². The van der Waals surface area contributed by atoms with E-state index in [1.54, 1.807) is 0 Å². The number of carbonyl (C=O) groups is 1. The lowest BCUT2D eigenvalue weighted by molar-refractivity contribution is -0.120. The molecular weight excluding hydrogens is 214 g/mol. The van der Waals surface area contributed by atoms with Gasteiger partial charge in [0.15, 0.2) is 0 Å². The van der Waals surface area contributed by atoms with Crippen LogP contribution >= 0.6 is 0 Å². The van der Waals surface area contributed by atoms with Crippen LogP contribution in [0, 0.1) is 5.92 Å². The first-order valence-corrected chi connectivity index (χ1v) is 6.77. The van der Waals surface area contributed by atoms with Gasteiger partial charge in [-0.05, 0) is 39.5 Å². The third kappa shape index (κ3) is 4.07. The minimum atomic E-state index is -0.00819. The van der Waals surface area contributed by atoms with Crippen LogP contribution in [0.4, 0.5) is 0 Å². The van der Waals surface area contributed by atoms with Gasteiger partial charge < -0.3 is 5.11 Å². The summed E-state index contributed by atoms with van der Waals surface area (Å²) in [7, 11) is 0. The van der Waals surface area contributed by atoms with Crippen LogP contribution in [0.3, 0.4) is 0 Å². The summed E-state index contributed by atoms with van der Waals surface area (Å²) in [6.45, 7) is 9.97. The number of rotatable bonds is 5. The quantitative estimate of drug-likeness (QED) is 0.802. The Bertz CT molecular complexity index is 257. The Hall–Kier alpha value is -0.410. The molecule has 1 rings (SSSR count). The lowest BCUT2D eigenvalue weighted by Gasteiger charge is -2.36. The van der Waals surface area contributed by atoms with Gasteiger partial charge in [-0.25, -0.2) is 0 Å². The van der Waals surface area contributed by atoms with Gasteiger partial charge in [-0.2, -0.15) is 0 Å². The summed E-state index contributed by atoms with van der Waals surface area (Å²) in [4.78, 5) is 14.1. The van der Waals surface area contributed by atoms with E-state index in [-0.39, 0.29) is 17.9 Å². The summed E-state index contributed by atoms with van der Waals surface area (Å²) in [5.41, 5.74) is 0.190. The average molecular weight is 241 g/mol. The molecule has 0 aliphatic carbocycles. The van der Waals surface area contributed by atoms with Gasteiger partial charge in [0.2, 0.25) is 0 Å². The van der Waals surface area contributed by atoms with E-state index in [9.17, 15) is 4.79 Å². The highest BCUT2D eigenvalue weighted by atomic mass is 16.3. The maximum atomic E-state index is 11.6. The molecule has 0 aromatic rings. The summed E-state index contributed by atoms with van der Waals surface area (Å²) >= 11 is 0. The fourth-order valence-electron chi connectivity index (χ4n) is 2.92. The molecule has 3 heteroatoms. The van der Waals surface area contributed by atoms with Gasteiger partial charge in [-0.1, -0.05) is 6.92 Å². The van der Waals surface area contributed by atoms with E-state index >= 15 is 0 Å². The second-order valence-electron chi connectivity index (χ2n) is 6.20. The highest BCUT2D eigenvalue weighted by molar-refractivity contribution is 5.78. The fraction of sp³-hybridized carbons (Fsp3) is 0.929. The lowest BCUT2D eigenvalue weighted by Crippen LogP contribution is -2.44. The molecule has 1 unspecified atom stereocenters. The molecular formula is C14H27NO2. The first-order valence-electron chi connectivity index (χ1n) is 6.77. The van der Waals surface area contributed by atoms with E-state index < -0.39 is 0 Å². The van der Waals surface area contributed by atoms with Gasteiger partial charge in [0, 0.05) is 37.6 Å². The zero-order chi connectivity index (χ0) is 13.1. The summed E-state index contributed by atoms with van der Waals surface area (Å²) in [5, 5.41) is 8.76. The van der Waals surface area contributed by atoms with Crippen molar-refractivity contribution in [2.75, 3.05) is 13.2 Å². The standard InChI is InChI=1S/C14H27NO2/c1-5-12-8-11(9-13(17)6-7-16)10-15(12)14(2,3)4/h11-12,16H,5-10H2,1-4H3/t11-,12?/m0/s1. The van der Waals surface area contributed by atoms with Gasteiger partial charge in [-0.3, -0.25) is 9.69 Å². The topological polar surface area (TPSA) is 40.5 Å². The van der Waals surface area contributed by atoms with Crippen LogP contribution in [0.25, 0.3) is 0 Å². The molecule has 0 spiro atoms. The Labute approximate surface area is 105 Å². The minimum Gasteiger partial charge on any atom is -0.396 e. The van der Waals surface area contributed by atoms with Gasteiger partial charge >= 0.3 is 0 Å². The monoisotopic (exact) mass is 241 g/mol. The largest absolute Gasteiger partial charge is 0.396 e. The molecule has 0 aromatic carbocycles. The Morgan fingerprint density at radius 2 is 2.06 bits per heavy atom. The number of hydrogen-bond donors (Lipinski definition) is 1. The molecule has 0 aromatic heterocycles. The molecule has 1 saturated heterocycles. The third-order valence-electron chi connectivity index (χ3n) is 3.74. The molecule has 0 bridgehead atoms. The predicted molar refractivity (Wildman–Crippen MR) is 70.0 cm³/mol. The van der Waals surface area contributed by atoms with E-state index in [1.807, 2.05) is 0 Å². The van der Waals surface area contributed by atoms with E-state index in [2.05, 4.69) is 32.6 Å². The van der Waals surface area contributed by atoms with Gasteiger partial charge in [0.1, 0.15) is 5.78 Å². The lowest BCUT2D eigenvalue weighted by atomic mass is 9.97. The van der Waals surface area contributed by atoms with Crippen LogP contribution in [0.1, 0.15) is 53.4 Å². The maximum Gasteiger partial charge on any atom is 0.135 e. The number of aliphatic hydroxyl groups excluding tert-OH is 1. The van der Waals surface area contributed by atoms with Crippen molar-refractivity contribution in [1.29, 1.82) is 0 Å². The van der Waals surface area contributed by atoms with Crippen LogP contribution in [0.5, 0.6) is 0 Å². The smallest absolute Gasteiger partial charge is 0.135 e. The zero-order valence-corrected chi connectivity index (χ0v) is 11.7. The number of hydrogen-bond acceptors (Lipinski definition) is 3. The molecule has 17 heavy (non-hydrogen) atoms. The summed E-state index contributed by atoms with van der Waals surface area (Å²) < 4.78 is 0. The molecule has 3 nitrogen and oxygen atoms in total. The second-order valence-corrected chi connectivity index (χ2v) is 6.20. The maximum absolute atomic E-state index is 11.6. The number of likely N-dealkylation sites (tertiary alicyclic amines) is 1. The summed E-state index contributed by atoms with van der Waals surface area (Å²) in [6.07, 6.45) is 3.25. The molecule has 0 saturated carbocycles. The number of nitrogens with zero attached hydrogens (tertiary/aromatic N) is 1. The van der Waals surface area contributed by atoms with E-state index in [0.29, 0.717) is 24.8 Å². The Kier molecular flexibility index (Phi) is 5.14. The highest BCUT2D eigenvalue weighted by Gasteiger charge is 2.37. The molecule has 1 aliphatic heterocycles. The molecule has 1 heterocycles. The Balaban J connectivity index is 2.55. The first kappa shape index (κ1) is 14.7. The van der Waals surface area contributed by atoms with Crippen molar-refractivity contribution in [2.24, 2.45) is 5.92 Å². The number of ketones is 1. The SMILES string of the molecule is CCC1C[C@@H](CC(=O)CCO)CN1C(C)(C)C. The highest BCUT2D eigenvalue weighted by Crippen LogP contribution is 2.33. The number of Topliss-reactive ketones (excluding diaryl/α,β-unsaturated/α-hetero) is 1. The third-order valence-corrected chi connectivity index (χ3v) is 3.74. The normalized spacial score (nSPS) is 26.4. The second kappa shape index (κ2) is 5.96. The molecule has 0 radical (unpaired) electrons. The number of aliphatic hydroxyl groups is 1. The molecule has 2 atom stereocenters. The Morgan fingerprint density at radius 1 is 1.41 bits per heavy atom. The van der Waals surface area contributed by atoms with Crippen LogP contribution in [-0.4, -0.2) is 40.5 Å². The summed E-state index contributed by atoms with van der Waals surface area (Å²) in [5.74, 6) is 0.696. The molecule has 1 N–H and O–H groups in total. The first-order chi connectivity index (χ1) is 7.88. The average Bonchev–Trinajstić information content (AvgIpc) is 2.60. The van der Waals surface area contributed by atoms with Crippen molar-refractivity contribution in [1.82, 2.24) is 4.90 Å². The summed E-state index contributed by atoms with van der Waals surface area (Å²) in [6, 6.07) is 0.613. The van der Waals surface area contributed by atoms with Crippen LogP contribution in [0.15, 0.2) is 0 Å².